The number of urea groups is 1. The van der Waals surface area contributed by atoms with Crippen molar-refractivity contribution in [3.05, 3.63) is 0 Å². The van der Waals surface area contributed by atoms with Crippen molar-refractivity contribution in [2.45, 2.75) is 64.0 Å². The normalized spacial score (nSPS) is 23.6. The lowest BCUT2D eigenvalue weighted by Crippen LogP contribution is -2.50. The minimum absolute atomic E-state index is 0.156. The van der Waals surface area contributed by atoms with Crippen LogP contribution in [0.4, 0.5) is 4.79 Å². The van der Waals surface area contributed by atoms with Gasteiger partial charge in [0.25, 0.3) is 0 Å². The second-order valence-corrected chi connectivity index (χ2v) is 6.79. The fourth-order valence-electron chi connectivity index (χ4n) is 3.66. The van der Waals surface area contributed by atoms with Crippen LogP contribution in [-0.2, 0) is 0 Å². The van der Waals surface area contributed by atoms with Gasteiger partial charge in [0.05, 0.1) is 0 Å². The summed E-state index contributed by atoms with van der Waals surface area (Å²) in [5, 5.41) is 3.83. The van der Waals surface area contributed by atoms with Gasteiger partial charge in [0.1, 0.15) is 0 Å². The summed E-state index contributed by atoms with van der Waals surface area (Å²) in [4.78, 5) is 15.6. The largest absolute Gasteiger partial charge is 0.331 e. The molecule has 4 nitrogen and oxygen atoms in total. The van der Waals surface area contributed by atoms with Crippen molar-refractivity contribution in [3.63, 3.8) is 0 Å². The maximum atomic E-state index is 11.9. The number of piperidine rings is 1. The Morgan fingerprint density at radius 2 is 1.70 bits per heavy atom. The lowest BCUT2D eigenvalue weighted by molar-refractivity contribution is 0.147. The Kier molecular flexibility index (Phi) is 5.70. The van der Waals surface area contributed by atoms with Crippen LogP contribution in [0.25, 0.3) is 0 Å². The predicted octanol–water partition coefficient (Wildman–Crippen LogP) is 2.69. The van der Waals surface area contributed by atoms with E-state index in [1.807, 2.05) is 19.0 Å². The molecule has 116 valence electrons. The second-order valence-electron chi connectivity index (χ2n) is 6.79. The average Bonchev–Trinajstić information content (AvgIpc) is 2.48. The second kappa shape index (κ2) is 7.30. The molecule has 2 rings (SSSR count). The Hall–Kier alpha value is -0.770. The first-order valence-electron chi connectivity index (χ1n) is 8.30. The van der Waals surface area contributed by atoms with Gasteiger partial charge in [-0.3, -0.25) is 0 Å². The van der Waals surface area contributed by atoms with Crippen LogP contribution < -0.4 is 5.32 Å². The van der Waals surface area contributed by atoms with Crippen LogP contribution in [0.15, 0.2) is 0 Å². The van der Waals surface area contributed by atoms with Crippen LogP contribution in [0.2, 0.25) is 0 Å². The zero-order valence-corrected chi connectivity index (χ0v) is 13.4. The van der Waals surface area contributed by atoms with Gasteiger partial charge in [0, 0.05) is 39.3 Å². The topological polar surface area (TPSA) is 35.6 Å². The van der Waals surface area contributed by atoms with Crippen LogP contribution >= 0.6 is 0 Å². The van der Waals surface area contributed by atoms with E-state index >= 15 is 0 Å². The number of rotatable bonds is 3. The summed E-state index contributed by atoms with van der Waals surface area (Å²) in [5.74, 6) is 0.866. The van der Waals surface area contributed by atoms with Crippen LogP contribution in [0.1, 0.15) is 51.9 Å². The maximum Gasteiger partial charge on any atom is 0.319 e. The number of amides is 2. The molecule has 0 aromatic carbocycles. The van der Waals surface area contributed by atoms with Crippen molar-refractivity contribution in [2.75, 3.05) is 27.2 Å². The smallest absolute Gasteiger partial charge is 0.319 e. The standard InChI is InChI=1S/C16H31N3O/c1-13(14-7-5-4-6-8-14)17-15-9-11-19(12-10-15)16(20)18(2)3/h13-15,17H,4-12H2,1-3H3/t13-/m0/s1. The first-order valence-corrected chi connectivity index (χ1v) is 8.30. The summed E-state index contributed by atoms with van der Waals surface area (Å²) in [6, 6.07) is 1.39. The van der Waals surface area contributed by atoms with Crippen LogP contribution in [0.5, 0.6) is 0 Å². The highest BCUT2D eigenvalue weighted by atomic mass is 16.2. The number of likely N-dealkylation sites (tertiary alicyclic amines) is 1. The van der Waals surface area contributed by atoms with E-state index in [0.717, 1.165) is 31.8 Å². The van der Waals surface area contributed by atoms with Gasteiger partial charge in [-0.05, 0) is 38.5 Å². The van der Waals surface area contributed by atoms with Crippen LogP contribution in [-0.4, -0.2) is 55.1 Å². The minimum atomic E-state index is 0.156. The number of nitrogens with one attached hydrogen (secondary N) is 1. The Balaban J connectivity index is 1.72. The Labute approximate surface area is 123 Å². The van der Waals surface area contributed by atoms with E-state index in [2.05, 4.69) is 12.2 Å². The number of carbonyl (C=O) groups is 1. The van der Waals surface area contributed by atoms with Crippen molar-refractivity contribution in [2.24, 2.45) is 5.92 Å². The maximum absolute atomic E-state index is 11.9. The van der Waals surface area contributed by atoms with Gasteiger partial charge in [-0.1, -0.05) is 19.3 Å². The molecule has 2 aliphatic rings. The van der Waals surface area contributed by atoms with Crippen molar-refractivity contribution >= 4 is 6.03 Å². The third-order valence-corrected chi connectivity index (χ3v) is 5.00. The molecule has 0 aromatic rings. The van der Waals surface area contributed by atoms with E-state index in [9.17, 15) is 4.79 Å². The zero-order chi connectivity index (χ0) is 14.5. The molecule has 1 saturated heterocycles. The molecule has 0 spiro atoms. The SMILES string of the molecule is C[C@H](NC1CCN(C(=O)N(C)C)CC1)C1CCCCC1. The van der Waals surface area contributed by atoms with E-state index in [1.54, 1.807) is 4.90 Å². The van der Waals surface area contributed by atoms with Crippen LogP contribution in [0.3, 0.4) is 0 Å². The molecule has 1 N–H and O–H groups in total. The molecule has 1 heterocycles. The van der Waals surface area contributed by atoms with Gasteiger partial charge in [-0.15, -0.1) is 0 Å². The molecule has 0 radical (unpaired) electrons. The van der Waals surface area contributed by atoms with E-state index in [1.165, 1.54) is 32.1 Å². The van der Waals surface area contributed by atoms with E-state index in [-0.39, 0.29) is 6.03 Å². The van der Waals surface area contributed by atoms with Gasteiger partial charge in [-0.25, -0.2) is 4.79 Å². The van der Waals surface area contributed by atoms with E-state index < -0.39 is 0 Å². The quantitative estimate of drug-likeness (QED) is 0.863. The molecule has 1 aliphatic carbocycles. The van der Waals surface area contributed by atoms with Gasteiger partial charge in [-0.2, -0.15) is 0 Å². The van der Waals surface area contributed by atoms with Crippen LogP contribution in [0, 0.1) is 5.92 Å². The summed E-state index contributed by atoms with van der Waals surface area (Å²) in [5.41, 5.74) is 0. The number of nitrogens with zero attached hydrogens (tertiary/aromatic N) is 2. The number of hydrogen-bond acceptors (Lipinski definition) is 2. The number of carbonyl (C=O) groups excluding carboxylic acids is 1. The first kappa shape index (κ1) is 15.6. The van der Waals surface area contributed by atoms with Crippen molar-refractivity contribution in [1.82, 2.24) is 15.1 Å². The highest BCUT2D eigenvalue weighted by Crippen LogP contribution is 2.27. The summed E-state index contributed by atoms with van der Waals surface area (Å²) in [7, 11) is 3.66. The fraction of sp³-hybridized carbons (Fsp3) is 0.938. The molecule has 0 aromatic heterocycles. The average molecular weight is 281 g/mol. The fourth-order valence-corrected chi connectivity index (χ4v) is 3.66. The van der Waals surface area contributed by atoms with Crippen molar-refractivity contribution in [3.8, 4) is 0 Å². The monoisotopic (exact) mass is 281 g/mol. The minimum Gasteiger partial charge on any atom is -0.331 e. The number of hydrogen-bond donors (Lipinski definition) is 1. The molecule has 1 aliphatic heterocycles. The lowest BCUT2D eigenvalue weighted by Gasteiger charge is -2.37. The Morgan fingerprint density at radius 3 is 2.25 bits per heavy atom. The molecule has 2 fully saturated rings. The summed E-state index contributed by atoms with van der Waals surface area (Å²) >= 11 is 0. The molecular weight excluding hydrogens is 250 g/mol. The summed E-state index contributed by atoms with van der Waals surface area (Å²) < 4.78 is 0. The van der Waals surface area contributed by atoms with Gasteiger partial charge in [0.2, 0.25) is 0 Å². The molecular formula is C16H31N3O. The highest BCUT2D eigenvalue weighted by Gasteiger charge is 2.27. The molecule has 1 saturated carbocycles. The van der Waals surface area contributed by atoms with Gasteiger partial charge < -0.3 is 15.1 Å². The van der Waals surface area contributed by atoms with E-state index in [0.29, 0.717) is 12.1 Å². The molecule has 4 heteroatoms. The van der Waals surface area contributed by atoms with Gasteiger partial charge in [0.15, 0.2) is 0 Å². The van der Waals surface area contributed by atoms with Gasteiger partial charge >= 0.3 is 6.03 Å². The van der Waals surface area contributed by atoms with Crippen molar-refractivity contribution in [1.29, 1.82) is 0 Å². The Morgan fingerprint density at radius 1 is 1.10 bits per heavy atom. The zero-order valence-electron chi connectivity index (χ0n) is 13.4. The molecule has 0 unspecified atom stereocenters. The highest BCUT2D eigenvalue weighted by molar-refractivity contribution is 5.73. The molecule has 2 amide bonds. The lowest BCUT2D eigenvalue weighted by atomic mass is 9.84. The first-order chi connectivity index (χ1) is 9.58. The van der Waals surface area contributed by atoms with E-state index in [4.69, 9.17) is 0 Å². The Bertz CT molecular complexity index is 305. The third-order valence-electron chi connectivity index (χ3n) is 5.00. The predicted molar refractivity (Wildman–Crippen MR) is 82.9 cm³/mol. The molecule has 1 atom stereocenters. The molecule has 0 bridgehead atoms. The third kappa shape index (κ3) is 4.11. The molecule has 20 heavy (non-hydrogen) atoms. The summed E-state index contributed by atoms with van der Waals surface area (Å²) in [6.45, 7) is 4.14. The van der Waals surface area contributed by atoms with Crippen molar-refractivity contribution < 1.29 is 4.79 Å². The summed E-state index contributed by atoms with van der Waals surface area (Å²) in [6.07, 6.45) is 9.22.